The number of hydrogen-bond donors (Lipinski definition) is 2. The van der Waals surface area contributed by atoms with Gasteiger partial charge in [-0.25, -0.2) is 0 Å². The highest BCUT2D eigenvalue weighted by Gasteiger charge is 2.19. The topological polar surface area (TPSA) is 41.5 Å². The van der Waals surface area contributed by atoms with E-state index in [1.165, 1.54) is 25.7 Å². The summed E-state index contributed by atoms with van der Waals surface area (Å²) in [6, 6.07) is 5.04. The van der Waals surface area contributed by atoms with Crippen LogP contribution in [0.1, 0.15) is 25.7 Å². The molecule has 0 aliphatic heterocycles. The Bertz CT molecular complexity index is 424. The molecule has 1 aliphatic rings. The Kier molecular flexibility index (Phi) is 6.43. The van der Waals surface area contributed by atoms with Gasteiger partial charge in [0.2, 0.25) is 0 Å². The Morgan fingerprint density at radius 3 is 2.90 bits per heavy atom. The highest BCUT2D eigenvalue weighted by Crippen LogP contribution is 2.33. The largest absolute Gasteiger partial charge is 0.489 e. The molecule has 5 heteroatoms. The molecule has 2 rings (SSSR count). The van der Waals surface area contributed by atoms with E-state index in [1.807, 2.05) is 0 Å². The minimum absolute atomic E-state index is 0.204. The first-order valence-corrected chi connectivity index (χ1v) is 7.87. The molecule has 1 atom stereocenters. The van der Waals surface area contributed by atoms with Crippen LogP contribution in [0.5, 0.6) is 5.75 Å². The van der Waals surface area contributed by atoms with Crippen LogP contribution in [0.3, 0.4) is 0 Å². The third-order valence-electron chi connectivity index (χ3n) is 3.37. The summed E-state index contributed by atoms with van der Waals surface area (Å²) in [4.78, 5) is 0. The second-order valence-corrected chi connectivity index (χ2v) is 6.17. The highest BCUT2D eigenvalue weighted by atomic mass is 35.5. The summed E-state index contributed by atoms with van der Waals surface area (Å²) >= 11 is 11.8. The van der Waals surface area contributed by atoms with E-state index < -0.39 is 6.10 Å². The summed E-state index contributed by atoms with van der Waals surface area (Å²) in [6.45, 7) is 1.68. The Morgan fingerprint density at radius 1 is 1.35 bits per heavy atom. The lowest BCUT2D eigenvalue weighted by Crippen LogP contribution is -2.32. The normalized spacial score (nSPS) is 16.1. The van der Waals surface area contributed by atoms with Gasteiger partial charge in [-0.15, -0.1) is 0 Å². The van der Waals surface area contributed by atoms with E-state index in [0.29, 0.717) is 22.3 Å². The second-order valence-electron chi connectivity index (χ2n) is 5.33. The highest BCUT2D eigenvalue weighted by molar-refractivity contribution is 6.34. The lowest BCUT2D eigenvalue weighted by Gasteiger charge is -2.14. The van der Waals surface area contributed by atoms with Crippen LogP contribution < -0.4 is 10.1 Å². The zero-order chi connectivity index (χ0) is 14.4. The van der Waals surface area contributed by atoms with Crippen LogP contribution in [0, 0.1) is 5.92 Å². The standard InChI is InChI=1S/C15H21Cl2NO2/c16-12-5-6-14(17)15(8-12)20-10-13(19)9-18-7-1-2-11-3-4-11/h5-6,8,11,13,18-19H,1-4,7,9-10H2. The van der Waals surface area contributed by atoms with Crippen molar-refractivity contribution < 1.29 is 9.84 Å². The lowest BCUT2D eigenvalue weighted by atomic mass is 10.2. The van der Waals surface area contributed by atoms with Gasteiger partial charge in [0.05, 0.1) is 5.02 Å². The molecule has 0 spiro atoms. The molecule has 1 aromatic rings. The van der Waals surface area contributed by atoms with Crippen molar-refractivity contribution >= 4 is 23.2 Å². The first kappa shape index (κ1) is 15.9. The number of nitrogens with one attached hydrogen (secondary N) is 1. The molecule has 0 amide bonds. The van der Waals surface area contributed by atoms with Gasteiger partial charge in [-0.05, 0) is 37.4 Å². The van der Waals surface area contributed by atoms with Crippen molar-refractivity contribution in [3.63, 3.8) is 0 Å². The predicted octanol–water partition coefficient (Wildman–Crippen LogP) is 3.51. The van der Waals surface area contributed by atoms with E-state index in [0.717, 1.165) is 12.5 Å². The van der Waals surface area contributed by atoms with Gasteiger partial charge in [0.1, 0.15) is 18.5 Å². The molecule has 20 heavy (non-hydrogen) atoms. The quantitative estimate of drug-likeness (QED) is 0.685. The Morgan fingerprint density at radius 2 is 2.15 bits per heavy atom. The maximum absolute atomic E-state index is 9.83. The molecule has 1 fully saturated rings. The molecule has 1 unspecified atom stereocenters. The van der Waals surface area contributed by atoms with Crippen LogP contribution in [0.15, 0.2) is 18.2 Å². The average Bonchev–Trinajstić information content (AvgIpc) is 3.23. The molecule has 1 aliphatic carbocycles. The number of rotatable bonds is 9. The summed E-state index contributed by atoms with van der Waals surface area (Å²) < 4.78 is 5.48. The zero-order valence-electron chi connectivity index (χ0n) is 11.4. The minimum atomic E-state index is -0.550. The molecule has 0 bridgehead atoms. The van der Waals surface area contributed by atoms with Crippen molar-refractivity contribution in [2.75, 3.05) is 19.7 Å². The van der Waals surface area contributed by atoms with E-state index in [2.05, 4.69) is 5.32 Å². The van der Waals surface area contributed by atoms with Gasteiger partial charge in [0.25, 0.3) is 0 Å². The summed E-state index contributed by atoms with van der Waals surface area (Å²) in [5.41, 5.74) is 0. The molecule has 2 N–H and O–H groups in total. The Hall–Kier alpha value is -0.480. The van der Waals surface area contributed by atoms with E-state index in [-0.39, 0.29) is 6.61 Å². The summed E-state index contributed by atoms with van der Waals surface area (Å²) in [5, 5.41) is 14.1. The van der Waals surface area contributed by atoms with Crippen molar-refractivity contribution in [3.05, 3.63) is 28.2 Å². The maximum atomic E-state index is 9.83. The average molecular weight is 318 g/mol. The monoisotopic (exact) mass is 317 g/mol. The van der Waals surface area contributed by atoms with Crippen LogP contribution in [-0.4, -0.2) is 30.9 Å². The number of hydrogen-bond acceptors (Lipinski definition) is 3. The van der Waals surface area contributed by atoms with Crippen molar-refractivity contribution in [1.29, 1.82) is 0 Å². The molecule has 1 aromatic carbocycles. The number of aliphatic hydroxyl groups is 1. The first-order chi connectivity index (χ1) is 9.65. The van der Waals surface area contributed by atoms with E-state index in [9.17, 15) is 5.11 Å². The van der Waals surface area contributed by atoms with E-state index in [1.54, 1.807) is 18.2 Å². The molecule has 112 valence electrons. The molecule has 1 saturated carbocycles. The maximum Gasteiger partial charge on any atom is 0.139 e. The zero-order valence-corrected chi connectivity index (χ0v) is 13.0. The van der Waals surface area contributed by atoms with Gasteiger partial charge in [0.15, 0.2) is 0 Å². The summed E-state index contributed by atoms with van der Waals surface area (Å²) in [5.74, 6) is 1.47. The summed E-state index contributed by atoms with van der Waals surface area (Å²) in [7, 11) is 0. The van der Waals surface area contributed by atoms with Gasteiger partial charge in [-0.3, -0.25) is 0 Å². The van der Waals surface area contributed by atoms with Crippen LogP contribution in [-0.2, 0) is 0 Å². The fourth-order valence-electron chi connectivity index (χ4n) is 2.02. The molecule has 3 nitrogen and oxygen atoms in total. The molecular formula is C15H21Cl2NO2. The predicted molar refractivity (Wildman–Crippen MR) is 82.8 cm³/mol. The number of benzene rings is 1. The lowest BCUT2D eigenvalue weighted by molar-refractivity contribution is 0.106. The van der Waals surface area contributed by atoms with Crippen LogP contribution in [0.25, 0.3) is 0 Å². The third kappa shape index (κ3) is 5.88. The molecule has 0 saturated heterocycles. The smallest absolute Gasteiger partial charge is 0.139 e. The molecular weight excluding hydrogens is 297 g/mol. The minimum Gasteiger partial charge on any atom is -0.489 e. The Labute approximate surface area is 130 Å². The fourth-order valence-corrected chi connectivity index (χ4v) is 2.36. The van der Waals surface area contributed by atoms with E-state index >= 15 is 0 Å². The van der Waals surface area contributed by atoms with Crippen molar-refractivity contribution in [1.82, 2.24) is 5.32 Å². The number of aliphatic hydroxyl groups excluding tert-OH is 1. The third-order valence-corrected chi connectivity index (χ3v) is 3.91. The SMILES string of the molecule is OC(CNCCCC1CC1)COc1cc(Cl)ccc1Cl. The van der Waals surface area contributed by atoms with Gasteiger partial charge < -0.3 is 15.2 Å². The molecule has 0 heterocycles. The van der Waals surface area contributed by atoms with Crippen LogP contribution in [0.2, 0.25) is 10.0 Å². The van der Waals surface area contributed by atoms with Gasteiger partial charge >= 0.3 is 0 Å². The fraction of sp³-hybridized carbons (Fsp3) is 0.600. The van der Waals surface area contributed by atoms with Gasteiger partial charge in [-0.1, -0.05) is 36.0 Å². The second kappa shape index (κ2) is 8.08. The number of ether oxygens (including phenoxy) is 1. The van der Waals surface area contributed by atoms with Crippen LogP contribution >= 0.6 is 23.2 Å². The van der Waals surface area contributed by atoms with Crippen molar-refractivity contribution in [2.45, 2.75) is 31.8 Å². The first-order valence-electron chi connectivity index (χ1n) is 7.12. The van der Waals surface area contributed by atoms with Crippen molar-refractivity contribution in [3.8, 4) is 5.75 Å². The van der Waals surface area contributed by atoms with E-state index in [4.69, 9.17) is 27.9 Å². The number of halogens is 2. The summed E-state index contributed by atoms with van der Waals surface area (Å²) in [6.07, 6.45) is 4.73. The van der Waals surface area contributed by atoms with Gasteiger partial charge in [-0.2, -0.15) is 0 Å². The van der Waals surface area contributed by atoms with Gasteiger partial charge in [0, 0.05) is 17.6 Å². The van der Waals surface area contributed by atoms with Crippen molar-refractivity contribution in [2.24, 2.45) is 5.92 Å². The Balaban J connectivity index is 1.58. The molecule has 0 radical (unpaired) electrons. The van der Waals surface area contributed by atoms with Crippen LogP contribution in [0.4, 0.5) is 0 Å². The molecule has 0 aromatic heterocycles.